The molecule has 82 valence electrons. The monoisotopic (exact) mass is 209 g/mol. The van der Waals surface area contributed by atoms with Gasteiger partial charge in [0.25, 0.3) is 0 Å². The molecule has 1 N–H and O–H groups in total. The molecule has 3 atom stereocenters. The second-order valence-electron chi connectivity index (χ2n) is 4.85. The van der Waals surface area contributed by atoms with E-state index >= 15 is 0 Å². The lowest BCUT2D eigenvalue weighted by Crippen LogP contribution is -2.36. The molecule has 1 amide bonds. The van der Waals surface area contributed by atoms with Gasteiger partial charge >= 0.3 is 0 Å². The van der Waals surface area contributed by atoms with Gasteiger partial charge in [-0.2, -0.15) is 0 Å². The summed E-state index contributed by atoms with van der Waals surface area (Å²) in [6.45, 7) is 5.93. The van der Waals surface area contributed by atoms with Crippen molar-refractivity contribution in [2.75, 3.05) is 0 Å². The van der Waals surface area contributed by atoms with Crippen molar-refractivity contribution in [2.24, 2.45) is 17.3 Å². The lowest BCUT2D eigenvalue weighted by molar-refractivity contribution is -0.129. The van der Waals surface area contributed by atoms with Crippen LogP contribution in [0.15, 0.2) is 24.1 Å². The fourth-order valence-corrected chi connectivity index (χ4v) is 2.45. The molecule has 1 saturated heterocycles. The van der Waals surface area contributed by atoms with Crippen LogP contribution in [0.25, 0.3) is 0 Å². The first-order valence-corrected chi connectivity index (χ1v) is 5.32. The summed E-state index contributed by atoms with van der Waals surface area (Å²) in [7, 11) is 0. The summed E-state index contributed by atoms with van der Waals surface area (Å²) in [5.41, 5.74) is -0.493. The SMILES string of the molecule is CC(C)[C@@]1(C)C(=O)NC2C(F)=CC=CC21. The molecule has 0 radical (unpaired) electrons. The van der Waals surface area contributed by atoms with Crippen LogP contribution in [-0.4, -0.2) is 11.9 Å². The zero-order chi connectivity index (χ0) is 11.2. The Morgan fingerprint density at radius 3 is 2.80 bits per heavy atom. The van der Waals surface area contributed by atoms with Crippen LogP contribution in [-0.2, 0) is 4.79 Å². The largest absolute Gasteiger partial charge is 0.346 e. The van der Waals surface area contributed by atoms with Crippen LogP contribution >= 0.6 is 0 Å². The molecular weight excluding hydrogens is 193 g/mol. The van der Waals surface area contributed by atoms with E-state index in [0.717, 1.165) is 0 Å². The second-order valence-corrected chi connectivity index (χ2v) is 4.85. The van der Waals surface area contributed by atoms with E-state index in [0.29, 0.717) is 0 Å². The lowest BCUT2D eigenvalue weighted by atomic mass is 9.68. The van der Waals surface area contributed by atoms with E-state index in [1.165, 1.54) is 6.08 Å². The van der Waals surface area contributed by atoms with Gasteiger partial charge in [0.2, 0.25) is 5.91 Å². The van der Waals surface area contributed by atoms with Crippen molar-refractivity contribution in [3.63, 3.8) is 0 Å². The number of carbonyl (C=O) groups excluding carboxylic acids is 1. The smallest absolute Gasteiger partial charge is 0.227 e. The first-order valence-electron chi connectivity index (χ1n) is 5.32. The zero-order valence-electron chi connectivity index (χ0n) is 9.25. The lowest BCUT2D eigenvalue weighted by Gasteiger charge is -2.32. The highest BCUT2D eigenvalue weighted by Gasteiger charge is 2.54. The van der Waals surface area contributed by atoms with Crippen LogP contribution in [0.2, 0.25) is 0 Å². The summed E-state index contributed by atoms with van der Waals surface area (Å²) in [5.74, 6) is -0.138. The summed E-state index contributed by atoms with van der Waals surface area (Å²) >= 11 is 0. The average Bonchev–Trinajstić information content (AvgIpc) is 2.44. The number of carbonyl (C=O) groups is 1. The van der Waals surface area contributed by atoms with E-state index in [2.05, 4.69) is 5.32 Å². The first-order chi connectivity index (χ1) is 6.98. The summed E-state index contributed by atoms with van der Waals surface area (Å²) in [5, 5.41) is 2.74. The van der Waals surface area contributed by atoms with Crippen molar-refractivity contribution in [2.45, 2.75) is 26.8 Å². The molecule has 2 rings (SSSR count). The van der Waals surface area contributed by atoms with Crippen molar-refractivity contribution in [1.29, 1.82) is 0 Å². The average molecular weight is 209 g/mol. The molecule has 2 aliphatic rings. The van der Waals surface area contributed by atoms with Crippen molar-refractivity contribution in [3.8, 4) is 0 Å². The minimum absolute atomic E-state index is 0.0393. The molecule has 1 fully saturated rings. The molecule has 0 spiro atoms. The Morgan fingerprint density at radius 1 is 1.53 bits per heavy atom. The number of nitrogens with one attached hydrogen (secondary N) is 1. The fourth-order valence-electron chi connectivity index (χ4n) is 2.45. The Labute approximate surface area is 89.2 Å². The molecule has 2 unspecified atom stereocenters. The molecule has 15 heavy (non-hydrogen) atoms. The summed E-state index contributed by atoms with van der Waals surface area (Å²) in [6.07, 6.45) is 5.07. The zero-order valence-corrected chi connectivity index (χ0v) is 9.25. The number of allylic oxidation sites excluding steroid dienone is 2. The quantitative estimate of drug-likeness (QED) is 0.704. The summed E-state index contributed by atoms with van der Waals surface area (Å²) in [4.78, 5) is 11.9. The van der Waals surface area contributed by atoms with Crippen LogP contribution in [0.3, 0.4) is 0 Å². The topological polar surface area (TPSA) is 29.1 Å². The van der Waals surface area contributed by atoms with E-state index < -0.39 is 11.5 Å². The van der Waals surface area contributed by atoms with Gasteiger partial charge in [0.1, 0.15) is 5.83 Å². The number of fused-ring (bicyclic) bond motifs is 1. The van der Waals surface area contributed by atoms with Crippen molar-refractivity contribution in [1.82, 2.24) is 5.32 Å². The fraction of sp³-hybridized carbons (Fsp3) is 0.583. The van der Waals surface area contributed by atoms with Gasteiger partial charge in [-0.3, -0.25) is 4.79 Å². The van der Waals surface area contributed by atoms with E-state index in [4.69, 9.17) is 0 Å². The molecule has 0 saturated carbocycles. The van der Waals surface area contributed by atoms with Crippen LogP contribution < -0.4 is 5.32 Å². The van der Waals surface area contributed by atoms with Crippen LogP contribution in [0.4, 0.5) is 4.39 Å². The summed E-state index contributed by atoms with van der Waals surface area (Å²) in [6, 6.07) is -0.449. The molecule has 0 aromatic heterocycles. The van der Waals surface area contributed by atoms with E-state index in [1.54, 1.807) is 6.08 Å². The highest BCUT2D eigenvalue weighted by Crippen LogP contribution is 2.46. The molecule has 3 heteroatoms. The van der Waals surface area contributed by atoms with Gasteiger partial charge in [0, 0.05) is 5.92 Å². The molecule has 1 aliphatic carbocycles. The molecule has 1 heterocycles. The second kappa shape index (κ2) is 3.19. The number of amides is 1. The predicted molar refractivity (Wildman–Crippen MR) is 56.7 cm³/mol. The Kier molecular flexibility index (Phi) is 2.21. The first kappa shape index (κ1) is 10.4. The van der Waals surface area contributed by atoms with Gasteiger partial charge in [0.05, 0.1) is 11.5 Å². The Bertz CT molecular complexity index is 359. The minimum Gasteiger partial charge on any atom is -0.346 e. The van der Waals surface area contributed by atoms with Gasteiger partial charge in [-0.1, -0.05) is 26.0 Å². The molecule has 0 aromatic carbocycles. The number of rotatable bonds is 1. The van der Waals surface area contributed by atoms with Gasteiger partial charge in [-0.15, -0.1) is 0 Å². The third-order valence-corrected chi connectivity index (χ3v) is 3.90. The van der Waals surface area contributed by atoms with Gasteiger partial charge in [0.15, 0.2) is 0 Å². The number of hydrogen-bond donors (Lipinski definition) is 1. The Hall–Kier alpha value is -1.12. The molecular formula is C12H16FNO. The number of halogens is 1. The number of hydrogen-bond acceptors (Lipinski definition) is 1. The van der Waals surface area contributed by atoms with Gasteiger partial charge < -0.3 is 5.32 Å². The standard InChI is InChI=1S/C12H16FNO/c1-7(2)12(3)8-5-4-6-9(13)10(8)14-11(12)15/h4-8,10H,1-3H3,(H,14,15)/t8?,10?,12-/m1/s1. The Morgan fingerprint density at radius 2 is 2.20 bits per heavy atom. The third-order valence-electron chi connectivity index (χ3n) is 3.90. The van der Waals surface area contributed by atoms with Crippen molar-refractivity contribution in [3.05, 3.63) is 24.1 Å². The molecule has 2 nitrogen and oxygen atoms in total. The normalized spacial score (nSPS) is 39.0. The Balaban J connectivity index is 2.42. The van der Waals surface area contributed by atoms with Gasteiger partial charge in [-0.25, -0.2) is 4.39 Å². The maximum atomic E-state index is 13.5. The van der Waals surface area contributed by atoms with E-state index in [-0.39, 0.29) is 23.6 Å². The van der Waals surface area contributed by atoms with E-state index in [9.17, 15) is 9.18 Å². The van der Waals surface area contributed by atoms with Crippen LogP contribution in [0.5, 0.6) is 0 Å². The minimum atomic E-state index is -0.493. The molecule has 0 aromatic rings. The molecule has 1 aliphatic heterocycles. The molecule has 0 bridgehead atoms. The van der Waals surface area contributed by atoms with Gasteiger partial charge in [-0.05, 0) is 18.9 Å². The highest BCUT2D eigenvalue weighted by molar-refractivity contribution is 5.87. The maximum Gasteiger partial charge on any atom is 0.227 e. The van der Waals surface area contributed by atoms with Crippen LogP contribution in [0, 0.1) is 17.3 Å². The van der Waals surface area contributed by atoms with Crippen molar-refractivity contribution >= 4 is 5.91 Å². The maximum absolute atomic E-state index is 13.5. The highest BCUT2D eigenvalue weighted by atomic mass is 19.1. The van der Waals surface area contributed by atoms with Crippen molar-refractivity contribution < 1.29 is 9.18 Å². The summed E-state index contributed by atoms with van der Waals surface area (Å²) < 4.78 is 13.5. The van der Waals surface area contributed by atoms with Crippen LogP contribution in [0.1, 0.15) is 20.8 Å². The third kappa shape index (κ3) is 1.25. The van der Waals surface area contributed by atoms with E-state index in [1.807, 2.05) is 26.8 Å². The predicted octanol–water partition coefficient (Wildman–Crippen LogP) is 2.19.